The van der Waals surface area contributed by atoms with Crippen molar-refractivity contribution in [2.75, 3.05) is 13.1 Å². The maximum Gasteiger partial charge on any atom is 0.142 e. The number of hydrogen-bond acceptors (Lipinski definition) is 1. The molecule has 0 atom stereocenters. The predicted octanol–water partition coefficient (Wildman–Crippen LogP) is 5.67. The second-order valence-corrected chi connectivity index (χ2v) is 5.77. The summed E-state index contributed by atoms with van der Waals surface area (Å²) in [5, 5.41) is 4.23. The Bertz CT molecular complexity index is 613. The molecule has 5 heteroatoms. The van der Waals surface area contributed by atoms with Crippen LogP contribution in [0, 0.1) is 18.7 Å². The second-order valence-electron chi connectivity index (χ2n) is 5.77. The van der Waals surface area contributed by atoms with Crippen LogP contribution in [0.3, 0.4) is 0 Å². The number of nitrogens with zero attached hydrogens (tertiary/aromatic N) is 2. The topological polar surface area (TPSA) is 50.8 Å². The number of pyridine rings is 1. The molecule has 2 aromatic rings. The molecule has 1 N–H and O–H groups in total. The molecule has 1 saturated heterocycles. The summed E-state index contributed by atoms with van der Waals surface area (Å²) >= 11 is 0. The Kier molecular flexibility index (Phi) is 8.89. The Morgan fingerprint density at radius 3 is 2.43 bits per heavy atom. The number of halogens is 1. The van der Waals surface area contributed by atoms with Gasteiger partial charge in [0.1, 0.15) is 5.82 Å². The Labute approximate surface area is 163 Å². The van der Waals surface area contributed by atoms with Gasteiger partial charge in [-0.05, 0) is 30.0 Å². The molecule has 3 rings (SSSR count). The van der Waals surface area contributed by atoms with Gasteiger partial charge in [0.15, 0.2) is 0 Å². The third-order valence-electron chi connectivity index (χ3n) is 3.81. The molecule has 23 heavy (non-hydrogen) atoms. The normalized spacial score (nSPS) is 14.4. The summed E-state index contributed by atoms with van der Waals surface area (Å²) in [5.74, 6) is 0.583. The van der Waals surface area contributed by atoms with Gasteiger partial charge in [-0.3, -0.25) is 4.98 Å². The minimum Gasteiger partial charge on any atom is -0.699 e. The van der Waals surface area contributed by atoms with Crippen LogP contribution >= 0.6 is 0 Å². The molecular weight excluding hydrogens is 366 g/mol. The molecule has 1 aliphatic heterocycles. The van der Waals surface area contributed by atoms with E-state index in [9.17, 15) is 4.39 Å². The Hall–Kier alpha value is -0.836. The van der Waals surface area contributed by atoms with E-state index in [1.807, 2.05) is 13.0 Å². The smallest absolute Gasteiger partial charge is 0.142 e. The van der Waals surface area contributed by atoms with Crippen molar-refractivity contribution >= 4 is 5.69 Å². The number of benzene rings is 1. The van der Waals surface area contributed by atoms with E-state index >= 15 is 0 Å². The SMILES string of the molecule is CC1CC[N-]CC1.Cc1ccc([NH-])cc1-c1cncc(F)c1.[Y]. The van der Waals surface area contributed by atoms with Gasteiger partial charge >= 0.3 is 0 Å². The third kappa shape index (κ3) is 6.66. The Morgan fingerprint density at radius 2 is 1.87 bits per heavy atom. The van der Waals surface area contributed by atoms with Gasteiger partial charge in [-0.15, -0.1) is 18.8 Å². The van der Waals surface area contributed by atoms with Gasteiger partial charge < -0.3 is 11.1 Å². The Morgan fingerprint density at radius 1 is 1.17 bits per heavy atom. The van der Waals surface area contributed by atoms with E-state index in [-0.39, 0.29) is 38.5 Å². The molecule has 0 saturated carbocycles. The zero-order chi connectivity index (χ0) is 15.9. The molecule has 0 aliphatic carbocycles. The molecule has 0 amide bonds. The standard InChI is InChI=1S/C12H10FN2.C6H12N.Y/c1-8-2-3-11(14)5-12(8)9-4-10(13)7-15-6-9;1-6-2-4-7-5-3-6;/h2-7,14H,1H3;6H,2-5H2,1H3;/q2*-1;. The van der Waals surface area contributed by atoms with Crippen LogP contribution in [0.15, 0.2) is 36.7 Å². The first-order valence-electron chi connectivity index (χ1n) is 7.62. The molecule has 2 heterocycles. The molecule has 0 bridgehead atoms. The van der Waals surface area contributed by atoms with Crippen molar-refractivity contribution in [2.45, 2.75) is 26.7 Å². The van der Waals surface area contributed by atoms with Gasteiger partial charge in [0, 0.05) is 44.5 Å². The first kappa shape index (κ1) is 20.2. The Balaban J connectivity index is 0.000000280. The molecule has 1 aromatic heterocycles. The van der Waals surface area contributed by atoms with Gasteiger partial charge in [0.2, 0.25) is 0 Å². The molecule has 1 aromatic carbocycles. The number of aryl methyl sites for hydroxylation is 1. The first-order chi connectivity index (χ1) is 10.6. The van der Waals surface area contributed by atoms with E-state index < -0.39 is 0 Å². The largest absolute Gasteiger partial charge is 0.699 e. The summed E-state index contributed by atoms with van der Waals surface area (Å²) in [6.07, 6.45) is 5.41. The van der Waals surface area contributed by atoms with Crippen LogP contribution < -0.4 is 0 Å². The van der Waals surface area contributed by atoms with E-state index in [0.717, 1.165) is 30.1 Å². The van der Waals surface area contributed by atoms with Crippen LogP contribution in [0.4, 0.5) is 10.1 Å². The minimum atomic E-state index is -0.359. The maximum atomic E-state index is 13.0. The van der Waals surface area contributed by atoms with Crippen molar-refractivity contribution in [1.82, 2.24) is 4.98 Å². The van der Waals surface area contributed by atoms with Gasteiger partial charge in [0.25, 0.3) is 0 Å². The summed E-state index contributed by atoms with van der Waals surface area (Å²) in [5.41, 5.74) is 10.5. The van der Waals surface area contributed by atoms with E-state index in [1.54, 1.807) is 18.3 Å². The number of aromatic nitrogens is 1. The fraction of sp³-hybridized carbons (Fsp3) is 0.389. The predicted molar refractivity (Wildman–Crippen MR) is 89.8 cm³/mol. The molecule has 0 unspecified atom stereocenters. The second kappa shape index (κ2) is 10.1. The number of piperidine rings is 1. The summed E-state index contributed by atoms with van der Waals surface area (Å²) in [6, 6.07) is 6.70. The monoisotopic (exact) mass is 388 g/mol. The number of hydrogen-bond donors (Lipinski definition) is 0. The number of nitrogens with one attached hydrogen (secondary N) is 1. The van der Waals surface area contributed by atoms with Gasteiger partial charge in [0.05, 0.1) is 6.20 Å². The van der Waals surface area contributed by atoms with Crippen molar-refractivity contribution in [2.24, 2.45) is 5.92 Å². The van der Waals surface area contributed by atoms with E-state index in [2.05, 4.69) is 17.2 Å². The van der Waals surface area contributed by atoms with Crippen LogP contribution in [-0.4, -0.2) is 18.1 Å². The van der Waals surface area contributed by atoms with Crippen LogP contribution in [0.1, 0.15) is 25.3 Å². The minimum absolute atomic E-state index is 0. The van der Waals surface area contributed by atoms with Crippen LogP contribution in [-0.2, 0) is 32.7 Å². The van der Waals surface area contributed by atoms with E-state index in [0.29, 0.717) is 11.3 Å². The fourth-order valence-electron chi connectivity index (χ4n) is 2.37. The molecule has 3 nitrogen and oxygen atoms in total. The first-order valence-corrected chi connectivity index (χ1v) is 7.62. The van der Waals surface area contributed by atoms with Crippen molar-refractivity contribution in [1.29, 1.82) is 0 Å². The number of rotatable bonds is 1. The average Bonchev–Trinajstić information content (AvgIpc) is 2.51. The molecule has 1 fully saturated rings. The quantitative estimate of drug-likeness (QED) is 0.621. The van der Waals surface area contributed by atoms with E-state index in [4.69, 9.17) is 5.73 Å². The van der Waals surface area contributed by atoms with Crippen LogP contribution in [0.25, 0.3) is 22.2 Å². The molecular formula is C18H22FN3Y-2. The molecule has 1 radical (unpaired) electrons. The van der Waals surface area contributed by atoms with Crippen molar-refractivity contribution < 1.29 is 37.1 Å². The zero-order valence-electron chi connectivity index (χ0n) is 13.7. The van der Waals surface area contributed by atoms with Crippen LogP contribution in [0.5, 0.6) is 0 Å². The summed E-state index contributed by atoms with van der Waals surface area (Å²) < 4.78 is 13.0. The van der Waals surface area contributed by atoms with Gasteiger partial charge in [-0.1, -0.05) is 38.0 Å². The van der Waals surface area contributed by atoms with Gasteiger partial charge in [-0.2, -0.15) is 0 Å². The van der Waals surface area contributed by atoms with Gasteiger partial charge in [-0.25, -0.2) is 4.39 Å². The fourth-order valence-corrected chi connectivity index (χ4v) is 2.37. The summed E-state index contributed by atoms with van der Waals surface area (Å²) in [4.78, 5) is 3.80. The van der Waals surface area contributed by atoms with Crippen LogP contribution in [0.2, 0.25) is 0 Å². The third-order valence-corrected chi connectivity index (χ3v) is 3.81. The maximum absolute atomic E-state index is 13.0. The molecule has 121 valence electrons. The van der Waals surface area contributed by atoms with Crippen molar-refractivity contribution in [3.8, 4) is 11.1 Å². The van der Waals surface area contributed by atoms with Crippen molar-refractivity contribution in [3.05, 3.63) is 59.1 Å². The van der Waals surface area contributed by atoms with E-state index in [1.165, 1.54) is 25.1 Å². The average molecular weight is 388 g/mol. The summed E-state index contributed by atoms with van der Waals surface area (Å²) in [6.45, 7) is 6.46. The molecule has 0 spiro atoms. The zero-order valence-corrected chi connectivity index (χ0v) is 16.6. The van der Waals surface area contributed by atoms with Crippen molar-refractivity contribution in [3.63, 3.8) is 0 Å². The summed E-state index contributed by atoms with van der Waals surface area (Å²) in [7, 11) is 0. The molecule has 1 aliphatic rings.